The van der Waals surface area contributed by atoms with Crippen molar-refractivity contribution >= 4 is 17.7 Å². The number of nitrogens with zero attached hydrogens (tertiary/aromatic N) is 5. The molecule has 2 aliphatic rings. The summed E-state index contributed by atoms with van der Waals surface area (Å²) in [5.41, 5.74) is 9.26. The molecule has 6 rings (SSSR count). The molecule has 2 fully saturated rings. The molecule has 0 amide bonds. The van der Waals surface area contributed by atoms with E-state index in [1.54, 1.807) is 31.3 Å². The van der Waals surface area contributed by atoms with Gasteiger partial charge in [0.15, 0.2) is 0 Å². The quantitative estimate of drug-likeness (QED) is 0.211. The van der Waals surface area contributed by atoms with Crippen LogP contribution in [0.3, 0.4) is 0 Å². The van der Waals surface area contributed by atoms with Crippen LogP contribution in [0.15, 0.2) is 60.8 Å². The number of aryl methyl sites for hydroxylation is 1. The fourth-order valence-corrected chi connectivity index (χ4v) is 6.62. The van der Waals surface area contributed by atoms with E-state index < -0.39 is 24.3 Å². The first-order valence-electron chi connectivity index (χ1n) is 16.0. The third-order valence-corrected chi connectivity index (χ3v) is 9.42. The molecular formula is C35H40F3N7O3. The molecule has 1 unspecified atom stereocenters. The van der Waals surface area contributed by atoms with Gasteiger partial charge in [0.1, 0.15) is 11.9 Å². The Balaban J connectivity index is 1.30. The highest BCUT2D eigenvalue weighted by atomic mass is 19.4. The van der Waals surface area contributed by atoms with E-state index in [9.17, 15) is 23.1 Å². The zero-order valence-electron chi connectivity index (χ0n) is 27.4. The highest BCUT2D eigenvalue weighted by Gasteiger charge is 2.46. The van der Waals surface area contributed by atoms with Gasteiger partial charge < -0.3 is 25.8 Å². The number of hydrogen-bond acceptors (Lipinski definition) is 8. The Bertz CT molecular complexity index is 1790. The van der Waals surface area contributed by atoms with Crippen molar-refractivity contribution in [2.45, 2.75) is 70.7 Å². The van der Waals surface area contributed by atoms with Crippen LogP contribution < -0.4 is 20.7 Å². The highest BCUT2D eigenvalue weighted by Crippen LogP contribution is 2.43. The molecule has 2 aromatic heterocycles. The number of carbonyl (C=O) groups is 1. The van der Waals surface area contributed by atoms with Gasteiger partial charge in [-0.1, -0.05) is 57.2 Å². The second-order valence-electron chi connectivity index (χ2n) is 13.9. The van der Waals surface area contributed by atoms with E-state index in [1.165, 1.54) is 16.8 Å². The Morgan fingerprint density at radius 2 is 1.73 bits per heavy atom. The van der Waals surface area contributed by atoms with E-state index >= 15 is 0 Å². The van der Waals surface area contributed by atoms with E-state index in [0.717, 1.165) is 16.7 Å². The maximum absolute atomic E-state index is 14.9. The predicted octanol–water partition coefficient (Wildman–Crippen LogP) is 6.23. The van der Waals surface area contributed by atoms with Crippen LogP contribution in [0, 0.1) is 12.3 Å². The molecular weight excluding hydrogens is 623 g/mol. The molecule has 1 spiro atoms. The smallest absolute Gasteiger partial charge is 0.429 e. The van der Waals surface area contributed by atoms with Gasteiger partial charge in [0.05, 0.1) is 11.4 Å². The summed E-state index contributed by atoms with van der Waals surface area (Å²) < 4.78 is 51.8. The number of piperidine rings is 1. The molecule has 2 aliphatic heterocycles. The van der Waals surface area contributed by atoms with Gasteiger partial charge in [-0.05, 0) is 65.8 Å². The molecule has 4 heterocycles. The highest BCUT2D eigenvalue weighted by molar-refractivity contribution is 5.74. The molecule has 4 N–H and O–H groups in total. The average molecular weight is 664 g/mol. The van der Waals surface area contributed by atoms with Gasteiger partial charge in [-0.15, -0.1) is 0 Å². The minimum Gasteiger partial charge on any atom is -0.480 e. The molecule has 254 valence electrons. The molecule has 2 saturated heterocycles. The van der Waals surface area contributed by atoms with Crippen LogP contribution >= 0.6 is 0 Å². The second-order valence-corrected chi connectivity index (χ2v) is 13.9. The van der Waals surface area contributed by atoms with Crippen LogP contribution in [0.2, 0.25) is 0 Å². The molecule has 13 heteroatoms. The number of aliphatic carboxylic acids is 1. The summed E-state index contributed by atoms with van der Waals surface area (Å²) in [4.78, 5) is 21.7. The predicted molar refractivity (Wildman–Crippen MR) is 176 cm³/mol. The number of aromatic nitrogens is 4. The summed E-state index contributed by atoms with van der Waals surface area (Å²) in [6, 6.07) is 15.3. The topological polar surface area (TPSA) is 131 Å². The normalized spacial score (nSPS) is 18.6. The molecule has 0 aliphatic carbocycles. The molecule has 48 heavy (non-hydrogen) atoms. The lowest BCUT2D eigenvalue weighted by molar-refractivity contribution is -0.198. The van der Waals surface area contributed by atoms with E-state index in [-0.39, 0.29) is 33.9 Å². The maximum atomic E-state index is 14.9. The van der Waals surface area contributed by atoms with Crippen molar-refractivity contribution in [2.75, 3.05) is 30.3 Å². The molecule has 0 radical (unpaired) electrons. The second kappa shape index (κ2) is 12.4. The Labute approximate surface area is 277 Å². The summed E-state index contributed by atoms with van der Waals surface area (Å²) in [5, 5.41) is 16.9. The number of ether oxygens (including phenoxy) is 1. The molecule has 2 atom stereocenters. The Morgan fingerprint density at radius 1 is 1.04 bits per heavy atom. The first-order chi connectivity index (χ1) is 22.6. The van der Waals surface area contributed by atoms with Crippen LogP contribution in [-0.4, -0.2) is 62.7 Å². The van der Waals surface area contributed by atoms with Crippen LogP contribution in [-0.2, 0) is 10.2 Å². The number of rotatable bonds is 7. The number of halogens is 3. The standard InChI is InChI=1S/C35H40F3N7O3/c1-21-11-14-45(43-21)27-17-23(22-5-8-24(9-6-22)33(2,3)4)7-10-25(27)30(35(36,37)38)48-29-18-28(41-32(39)42-29)44-15-12-34(13-16-44)19-26(31(46)47)40-20-34/h5-11,14,17-18,26,30,40H,12-13,15-16,19-20H2,1-4H3,(H,46,47)(H2,39,41,42)/t26?,30-/m1/s1. The number of nitrogens with two attached hydrogens (primary N) is 1. The van der Waals surface area contributed by atoms with Crippen molar-refractivity contribution in [2.24, 2.45) is 5.41 Å². The minimum atomic E-state index is -4.82. The molecule has 2 aromatic carbocycles. The molecule has 10 nitrogen and oxygen atoms in total. The zero-order valence-corrected chi connectivity index (χ0v) is 27.4. The first kappa shape index (κ1) is 33.3. The van der Waals surface area contributed by atoms with Gasteiger partial charge in [0.25, 0.3) is 0 Å². The lowest BCUT2D eigenvalue weighted by Gasteiger charge is -2.39. The van der Waals surface area contributed by atoms with Crippen molar-refractivity contribution in [3.8, 4) is 22.7 Å². The number of hydrogen-bond donors (Lipinski definition) is 3. The van der Waals surface area contributed by atoms with Crippen LogP contribution in [0.4, 0.5) is 24.9 Å². The van der Waals surface area contributed by atoms with E-state index in [0.29, 0.717) is 50.4 Å². The van der Waals surface area contributed by atoms with Gasteiger partial charge in [0.2, 0.25) is 17.9 Å². The summed E-state index contributed by atoms with van der Waals surface area (Å²) in [6.07, 6.45) is -3.65. The largest absolute Gasteiger partial charge is 0.480 e. The monoisotopic (exact) mass is 663 g/mol. The van der Waals surface area contributed by atoms with Crippen LogP contribution in [0.25, 0.3) is 16.8 Å². The number of alkyl halides is 3. The van der Waals surface area contributed by atoms with Gasteiger partial charge in [-0.2, -0.15) is 28.2 Å². The molecule has 0 bridgehead atoms. The summed E-state index contributed by atoms with van der Waals surface area (Å²) in [7, 11) is 0. The lowest BCUT2D eigenvalue weighted by Crippen LogP contribution is -2.41. The fourth-order valence-electron chi connectivity index (χ4n) is 6.62. The van der Waals surface area contributed by atoms with Crippen molar-refractivity contribution in [1.29, 1.82) is 0 Å². The Morgan fingerprint density at radius 3 is 2.31 bits per heavy atom. The Kier molecular flexibility index (Phi) is 8.61. The molecule has 0 saturated carbocycles. The fraction of sp³-hybridized carbons (Fsp3) is 0.429. The first-order valence-corrected chi connectivity index (χ1v) is 16.0. The third-order valence-electron chi connectivity index (χ3n) is 9.42. The van der Waals surface area contributed by atoms with Crippen molar-refractivity contribution < 1.29 is 27.8 Å². The van der Waals surface area contributed by atoms with E-state index in [1.807, 2.05) is 29.2 Å². The SMILES string of the molecule is Cc1ccn(-c2cc(-c3ccc(C(C)(C)C)cc3)ccc2[C@@H](Oc2cc(N3CCC4(CC3)CNC(C(=O)O)C4)nc(N)n2)C(F)(F)F)n1. The number of anilines is 2. The van der Waals surface area contributed by atoms with Gasteiger partial charge in [-0.3, -0.25) is 4.79 Å². The Hall–Kier alpha value is -4.65. The van der Waals surface area contributed by atoms with E-state index in [4.69, 9.17) is 10.5 Å². The number of carboxylic acids is 1. The molecule has 4 aromatic rings. The number of carboxylic acid groups (broad SMARTS) is 1. The minimum absolute atomic E-state index is 0.0448. The summed E-state index contributed by atoms with van der Waals surface area (Å²) in [5.74, 6) is -1.03. The van der Waals surface area contributed by atoms with Gasteiger partial charge >= 0.3 is 12.1 Å². The maximum Gasteiger partial charge on any atom is 0.429 e. The summed E-state index contributed by atoms with van der Waals surface area (Å²) >= 11 is 0. The number of nitrogens with one attached hydrogen (secondary N) is 1. The number of nitrogen functional groups attached to an aromatic ring is 1. The van der Waals surface area contributed by atoms with Crippen LogP contribution in [0.5, 0.6) is 5.88 Å². The van der Waals surface area contributed by atoms with E-state index in [2.05, 4.69) is 41.2 Å². The van der Waals surface area contributed by atoms with Crippen molar-refractivity contribution in [3.63, 3.8) is 0 Å². The van der Waals surface area contributed by atoms with Gasteiger partial charge in [-0.25, -0.2) is 4.68 Å². The van der Waals surface area contributed by atoms with Crippen molar-refractivity contribution in [3.05, 3.63) is 77.6 Å². The summed E-state index contributed by atoms with van der Waals surface area (Å²) in [6.45, 7) is 9.80. The van der Waals surface area contributed by atoms with Crippen molar-refractivity contribution in [1.82, 2.24) is 25.1 Å². The number of benzene rings is 2. The lowest BCUT2D eigenvalue weighted by atomic mass is 9.76. The average Bonchev–Trinajstić information content (AvgIpc) is 3.65. The van der Waals surface area contributed by atoms with Crippen LogP contribution in [0.1, 0.15) is 63.0 Å². The zero-order chi connectivity index (χ0) is 34.4. The van der Waals surface area contributed by atoms with Gasteiger partial charge in [0, 0.05) is 37.5 Å². The third kappa shape index (κ3) is 6.96.